The Bertz CT molecular complexity index is 670. The summed E-state index contributed by atoms with van der Waals surface area (Å²) in [5, 5.41) is 29.8. The smallest absolute Gasteiger partial charge is 0.363 e. The van der Waals surface area contributed by atoms with Crippen molar-refractivity contribution < 1.29 is 29.6 Å². The number of rotatable bonds is 7. The topological polar surface area (TPSA) is 157 Å². The van der Waals surface area contributed by atoms with E-state index < -0.39 is 42.3 Å². The molecule has 10 nitrogen and oxygen atoms in total. The normalized spacial score (nSPS) is 28.9. The summed E-state index contributed by atoms with van der Waals surface area (Å²) in [6, 6.07) is 1.23. The zero-order chi connectivity index (χ0) is 18.6. The van der Waals surface area contributed by atoms with E-state index in [1.165, 1.54) is 17.8 Å². The molecule has 0 saturated carbocycles. The first kappa shape index (κ1) is 19.7. The molecule has 4 atom stereocenters. The standard InChI is InChI=1S/C14H21N3O7S/c1-2-25-6-5-23-12(21)14(11(20)10(19)8(7-18)24-14)17-4-3-9(15)16-13(17)22/h3-4,8,10-11,18-20H,2,5-7H2,1H3,(H2,15,16,22)/t8-,10-,11-,14+/m1/s1. The lowest BCUT2D eigenvalue weighted by Gasteiger charge is -2.31. The van der Waals surface area contributed by atoms with Crippen LogP contribution < -0.4 is 11.4 Å². The van der Waals surface area contributed by atoms with Gasteiger partial charge in [-0.3, -0.25) is 4.57 Å². The number of nitrogens with zero attached hydrogens (tertiary/aromatic N) is 2. The molecule has 0 amide bonds. The fraction of sp³-hybridized carbons (Fsp3) is 0.643. The third kappa shape index (κ3) is 3.65. The maximum atomic E-state index is 12.7. The third-order valence-electron chi connectivity index (χ3n) is 3.76. The fourth-order valence-electron chi connectivity index (χ4n) is 2.53. The molecule has 1 aliphatic rings. The molecule has 1 aliphatic heterocycles. The first-order valence-corrected chi connectivity index (χ1v) is 8.79. The molecular formula is C14H21N3O7S. The number of aliphatic hydroxyl groups is 3. The number of ether oxygens (including phenoxy) is 2. The van der Waals surface area contributed by atoms with Gasteiger partial charge in [0.25, 0.3) is 5.72 Å². The number of esters is 1. The summed E-state index contributed by atoms with van der Waals surface area (Å²) in [7, 11) is 0. The molecule has 0 aliphatic carbocycles. The van der Waals surface area contributed by atoms with E-state index in [0.29, 0.717) is 10.3 Å². The summed E-state index contributed by atoms with van der Waals surface area (Å²) >= 11 is 1.53. The molecule has 2 heterocycles. The van der Waals surface area contributed by atoms with Crippen LogP contribution in [0, 0.1) is 0 Å². The van der Waals surface area contributed by atoms with Gasteiger partial charge in [-0.1, -0.05) is 6.92 Å². The highest BCUT2D eigenvalue weighted by Crippen LogP contribution is 2.36. The lowest BCUT2D eigenvalue weighted by molar-refractivity contribution is -0.201. The molecular weight excluding hydrogens is 354 g/mol. The predicted molar refractivity (Wildman–Crippen MR) is 88.8 cm³/mol. The van der Waals surface area contributed by atoms with E-state index in [4.69, 9.17) is 15.2 Å². The maximum Gasteiger partial charge on any atom is 0.363 e. The molecule has 5 N–H and O–H groups in total. The van der Waals surface area contributed by atoms with Gasteiger partial charge in [0.05, 0.1) is 6.61 Å². The first-order valence-electron chi connectivity index (χ1n) is 7.63. The van der Waals surface area contributed by atoms with Gasteiger partial charge >= 0.3 is 11.7 Å². The molecule has 0 unspecified atom stereocenters. The minimum Gasteiger partial charge on any atom is -0.461 e. The van der Waals surface area contributed by atoms with Crippen molar-refractivity contribution in [2.75, 3.05) is 30.5 Å². The van der Waals surface area contributed by atoms with Crippen molar-refractivity contribution in [1.29, 1.82) is 0 Å². The minimum atomic E-state index is -2.36. The Morgan fingerprint density at radius 1 is 1.56 bits per heavy atom. The van der Waals surface area contributed by atoms with Gasteiger partial charge in [-0.25, -0.2) is 9.59 Å². The SMILES string of the molecule is CCSCCOC(=O)[C@@]1(n2ccc(N)nc2=O)O[C@H](CO)[C@@H](O)[C@H]1O. The van der Waals surface area contributed by atoms with Crippen LogP contribution in [0.2, 0.25) is 0 Å². The second-order valence-electron chi connectivity index (χ2n) is 5.31. The molecule has 1 saturated heterocycles. The van der Waals surface area contributed by atoms with Gasteiger partial charge in [0.1, 0.15) is 30.7 Å². The Balaban J connectivity index is 2.42. The Labute approximate surface area is 147 Å². The number of nitrogen functional groups attached to an aromatic ring is 1. The highest BCUT2D eigenvalue weighted by molar-refractivity contribution is 7.99. The molecule has 0 aromatic carbocycles. The van der Waals surface area contributed by atoms with E-state index in [1.54, 1.807) is 0 Å². The number of carbonyl (C=O) groups is 1. The summed E-state index contributed by atoms with van der Waals surface area (Å²) in [4.78, 5) is 28.3. The van der Waals surface area contributed by atoms with Crippen LogP contribution in [0.5, 0.6) is 0 Å². The molecule has 1 fully saturated rings. The quantitative estimate of drug-likeness (QED) is 0.307. The summed E-state index contributed by atoms with van der Waals surface area (Å²) in [6.07, 6.45) is -3.62. The van der Waals surface area contributed by atoms with E-state index >= 15 is 0 Å². The van der Waals surface area contributed by atoms with E-state index in [9.17, 15) is 24.9 Å². The average molecular weight is 375 g/mol. The van der Waals surface area contributed by atoms with E-state index in [0.717, 1.165) is 11.9 Å². The van der Waals surface area contributed by atoms with Crippen LogP contribution in [0.1, 0.15) is 6.92 Å². The van der Waals surface area contributed by atoms with E-state index in [2.05, 4.69) is 4.98 Å². The number of aromatic nitrogens is 2. The van der Waals surface area contributed by atoms with Gasteiger partial charge in [0, 0.05) is 11.9 Å². The molecule has 0 spiro atoms. The summed E-state index contributed by atoms with van der Waals surface area (Å²) in [6.45, 7) is 1.29. The number of anilines is 1. The van der Waals surface area contributed by atoms with Gasteiger partial charge in [-0.2, -0.15) is 16.7 Å². The number of aliphatic hydroxyl groups excluding tert-OH is 3. The molecule has 11 heteroatoms. The van der Waals surface area contributed by atoms with Gasteiger partial charge in [-0.05, 0) is 11.8 Å². The second-order valence-corrected chi connectivity index (χ2v) is 6.70. The van der Waals surface area contributed by atoms with Gasteiger partial charge in [0.2, 0.25) is 0 Å². The Morgan fingerprint density at radius 3 is 2.84 bits per heavy atom. The monoisotopic (exact) mass is 375 g/mol. The fourth-order valence-corrected chi connectivity index (χ4v) is 3.02. The minimum absolute atomic E-state index is 0.0200. The van der Waals surface area contributed by atoms with Crippen LogP contribution in [0.25, 0.3) is 0 Å². The van der Waals surface area contributed by atoms with Crippen molar-refractivity contribution in [3.63, 3.8) is 0 Å². The first-order chi connectivity index (χ1) is 11.9. The van der Waals surface area contributed by atoms with Gasteiger partial charge in [-0.15, -0.1) is 0 Å². The molecule has 2 rings (SSSR count). The lowest BCUT2D eigenvalue weighted by Crippen LogP contribution is -2.56. The third-order valence-corrected chi connectivity index (χ3v) is 4.62. The van der Waals surface area contributed by atoms with Crippen molar-refractivity contribution in [3.05, 3.63) is 22.7 Å². The lowest BCUT2D eigenvalue weighted by atomic mass is 10.0. The van der Waals surface area contributed by atoms with Gasteiger partial charge in [0.15, 0.2) is 0 Å². The van der Waals surface area contributed by atoms with E-state index in [-0.39, 0.29) is 12.4 Å². The Kier molecular flexibility index (Phi) is 6.41. The highest BCUT2D eigenvalue weighted by Gasteiger charge is 2.62. The molecule has 0 radical (unpaired) electrons. The largest absolute Gasteiger partial charge is 0.461 e. The Hall–Kier alpha value is -1.66. The highest BCUT2D eigenvalue weighted by atomic mass is 32.2. The van der Waals surface area contributed by atoms with Crippen molar-refractivity contribution in [3.8, 4) is 0 Å². The van der Waals surface area contributed by atoms with Crippen LogP contribution in [0.3, 0.4) is 0 Å². The number of hydrogen-bond donors (Lipinski definition) is 4. The molecule has 1 aromatic rings. The molecule has 25 heavy (non-hydrogen) atoms. The zero-order valence-corrected chi connectivity index (χ0v) is 14.4. The number of nitrogens with two attached hydrogens (primary N) is 1. The summed E-state index contributed by atoms with van der Waals surface area (Å²) in [5.74, 6) is 0.181. The van der Waals surface area contributed by atoms with Crippen molar-refractivity contribution in [2.24, 2.45) is 0 Å². The molecule has 0 bridgehead atoms. The van der Waals surface area contributed by atoms with Crippen LogP contribution in [0.4, 0.5) is 5.82 Å². The number of carbonyl (C=O) groups excluding carboxylic acids is 1. The molecule has 1 aromatic heterocycles. The van der Waals surface area contributed by atoms with Gasteiger partial charge < -0.3 is 30.5 Å². The number of thioether (sulfide) groups is 1. The summed E-state index contributed by atoms with van der Waals surface area (Å²) in [5.41, 5.74) is 2.11. The second kappa shape index (κ2) is 8.15. The number of hydrogen-bond acceptors (Lipinski definition) is 10. The van der Waals surface area contributed by atoms with Crippen molar-refractivity contribution in [2.45, 2.75) is 31.0 Å². The van der Waals surface area contributed by atoms with Crippen LogP contribution >= 0.6 is 11.8 Å². The molecule has 140 valence electrons. The van der Waals surface area contributed by atoms with Crippen LogP contribution in [0.15, 0.2) is 17.1 Å². The van der Waals surface area contributed by atoms with Crippen LogP contribution in [-0.4, -0.2) is 73.9 Å². The predicted octanol–water partition coefficient (Wildman–Crippen LogP) is -2.11. The van der Waals surface area contributed by atoms with Crippen molar-refractivity contribution in [1.82, 2.24) is 9.55 Å². The van der Waals surface area contributed by atoms with E-state index in [1.807, 2.05) is 6.92 Å². The van der Waals surface area contributed by atoms with Crippen LogP contribution in [-0.2, 0) is 20.0 Å². The maximum absolute atomic E-state index is 12.7. The average Bonchev–Trinajstić information content (AvgIpc) is 2.84. The summed E-state index contributed by atoms with van der Waals surface area (Å²) < 4.78 is 11.2. The Morgan fingerprint density at radius 2 is 2.28 bits per heavy atom. The van der Waals surface area contributed by atoms with Crippen molar-refractivity contribution >= 4 is 23.5 Å². The zero-order valence-electron chi connectivity index (χ0n) is 13.6.